The second-order valence-corrected chi connectivity index (χ2v) is 8.92. The van der Waals surface area contributed by atoms with E-state index in [4.69, 9.17) is 0 Å². The summed E-state index contributed by atoms with van der Waals surface area (Å²) in [6.45, 7) is 1.96. The summed E-state index contributed by atoms with van der Waals surface area (Å²) in [5.74, 6) is 1.50. The van der Waals surface area contributed by atoms with Gasteiger partial charge in [0.05, 0.1) is 4.90 Å². The first-order valence-corrected chi connectivity index (χ1v) is 10.8. The average Bonchev–Trinajstić information content (AvgIpc) is 3.23. The highest BCUT2D eigenvalue weighted by molar-refractivity contribution is 9.10. The van der Waals surface area contributed by atoms with E-state index in [9.17, 15) is 8.42 Å². The second-order valence-electron chi connectivity index (χ2n) is 6.16. The molecule has 2 aromatic heterocycles. The average molecular weight is 448 g/mol. The van der Waals surface area contributed by atoms with Crippen LogP contribution in [0.5, 0.6) is 0 Å². The van der Waals surface area contributed by atoms with Crippen molar-refractivity contribution in [2.45, 2.75) is 4.90 Å². The molecule has 9 heteroatoms. The fourth-order valence-electron chi connectivity index (χ4n) is 3.06. The molecule has 0 spiro atoms. The van der Waals surface area contributed by atoms with Crippen LogP contribution in [-0.2, 0) is 10.0 Å². The summed E-state index contributed by atoms with van der Waals surface area (Å²) in [6.07, 6.45) is 3.82. The van der Waals surface area contributed by atoms with Crippen molar-refractivity contribution in [3.8, 4) is 5.82 Å². The van der Waals surface area contributed by atoms with E-state index in [1.54, 1.807) is 24.3 Å². The van der Waals surface area contributed by atoms with Gasteiger partial charge in [0.25, 0.3) is 0 Å². The van der Waals surface area contributed by atoms with Crippen molar-refractivity contribution in [3.05, 3.63) is 65.4 Å². The molecule has 0 N–H and O–H groups in total. The maximum absolute atomic E-state index is 12.9. The monoisotopic (exact) mass is 447 g/mol. The topological polar surface area (TPSA) is 71.3 Å². The van der Waals surface area contributed by atoms with Crippen LogP contribution in [0, 0.1) is 0 Å². The smallest absolute Gasteiger partial charge is 0.244 e. The van der Waals surface area contributed by atoms with Gasteiger partial charge in [0, 0.05) is 43.0 Å². The summed E-state index contributed by atoms with van der Waals surface area (Å²) in [5.41, 5.74) is 0. The standard InChI is InChI=1S/C18H18BrN5O2S/c19-15-5-1-2-6-16(15)27(25,26)24-13-11-23(12-14-24)18-8-7-17(20-21-18)22-9-3-4-10-22/h1-10H,11-14H2. The van der Waals surface area contributed by atoms with E-state index < -0.39 is 10.0 Å². The SMILES string of the molecule is O=S(=O)(c1ccccc1Br)N1CCN(c2ccc(-n3cccc3)nn2)CC1. The third-order valence-electron chi connectivity index (χ3n) is 4.52. The lowest BCUT2D eigenvalue weighted by molar-refractivity contribution is 0.383. The highest BCUT2D eigenvalue weighted by atomic mass is 79.9. The van der Waals surface area contributed by atoms with Gasteiger partial charge < -0.3 is 9.47 Å². The molecule has 3 heterocycles. The molecule has 27 heavy (non-hydrogen) atoms. The number of rotatable bonds is 4. The van der Waals surface area contributed by atoms with Crippen LogP contribution in [0.2, 0.25) is 0 Å². The number of benzene rings is 1. The molecular weight excluding hydrogens is 430 g/mol. The zero-order chi connectivity index (χ0) is 18.9. The van der Waals surface area contributed by atoms with E-state index >= 15 is 0 Å². The minimum atomic E-state index is -3.51. The highest BCUT2D eigenvalue weighted by Gasteiger charge is 2.30. The number of aromatic nitrogens is 3. The van der Waals surface area contributed by atoms with E-state index in [1.165, 1.54) is 4.31 Å². The van der Waals surface area contributed by atoms with E-state index in [1.807, 2.05) is 41.2 Å². The summed E-state index contributed by atoms with van der Waals surface area (Å²) in [7, 11) is -3.51. The molecule has 1 aliphatic heterocycles. The first-order chi connectivity index (χ1) is 13.1. The van der Waals surface area contributed by atoms with Crippen LogP contribution < -0.4 is 4.90 Å². The fraction of sp³-hybridized carbons (Fsp3) is 0.222. The Bertz CT molecular complexity index is 1010. The van der Waals surface area contributed by atoms with Crippen molar-refractivity contribution < 1.29 is 8.42 Å². The minimum Gasteiger partial charge on any atom is -0.352 e. The Morgan fingerprint density at radius 2 is 1.44 bits per heavy atom. The molecule has 4 rings (SSSR count). The van der Waals surface area contributed by atoms with Gasteiger partial charge in [-0.15, -0.1) is 10.2 Å². The third kappa shape index (κ3) is 3.62. The van der Waals surface area contributed by atoms with Crippen molar-refractivity contribution >= 4 is 31.8 Å². The molecule has 1 fully saturated rings. The fourth-order valence-corrected chi connectivity index (χ4v) is 5.45. The van der Waals surface area contributed by atoms with Crippen LogP contribution in [0.15, 0.2) is 70.3 Å². The molecule has 3 aromatic rings. The van der Waals surface area contributed by atoms with Gasteiger partial charge in [0.1, 0.15) is 0 Å². The molecule has 0 saturated carbocycles. The Kier molecular flexibility index (Phi) is 4.98. The molecule has 0 bridgehead atoms. The molecule has 0 amide bonds. The molecule has 1 saturated heterocycles. The van der Waals surface area contributed by atoms with Crippen LogP contribution in [-0.4, -0.2) is 53.7 Å². The van der Waals surface area contributed by atoms with E-state index in [-0.39, 0.29) is 0 Å². The number of sulfonamides is 1. The van der Waals surface area contributed by atoms with Gasteiger partial charge >= 0.3 is 0 Å². The van der Waals surface area contributed by atoms with E-state index in [2.05, 4.69) is 31.0 Å². The highest BCUT2D eigenvalue weighted by Crippen LogP contribution is 2.26. The number of nitrogens with zero attached hydrogens (tertiary/aromatic N) is 5. The van der Waals surface area contributed by atoms with Gasteiger partial charge in [-0.2, -0.15) is 4.31 Å². The Morgan fingerprint density at radius 1 is 0.815 bits per heavy atom. The van der Waals surface area contributed by atoms with Crippen molar-refractivity contribution in [2.24, 2.45) is 0 Å². The third-order valence-corrected chi connectivity index (χ3v) is 7.43. The second kappa shape index (κ2) is 7.41. The number of hydrogen-bond acceptors (Lipinski definition) is 5. The Morgan fingerprint density at radius 3 is 2.07 bits per heavy atom. The maximum Gasteiger partial charge on any atom is 0.244 e. The molecule has 0 unspecified atom stereocenters. The van der Waals surface area contributed by atoms with Crippen molar-refractivity contribution in [1.29, 1.82) is 0 Å². The Labute approximate surface area is 166 Å². The largest absolute Gasteiger partial charge is 0.352 e. The van der Waals surface area contributed by atoms with Gasteiger partial charge in [-0.3, -0.25) is 0 Å². The normalized spacial score (nSPS) is 15.8. The van der Waals surface area contributed by atoms with Gasteiger partial charge in [0.2, 0.25) is 10.0 Å². The van der Waals surface area contributed by atoms with Crippen molar-refractivity contribution in [3.63, 3.8) is 0 Å². The van der Waals surface area contributed by atoms with Crippen LogP contribution in [0.4, 0.5) is 5.82 Å². The predicted octanol–water partition coefficient (Wildman–Crippen LogP) is 2.54. The maximum atomic E-state index is 12.9. The van der Waals surface area contributed by atoms with Crippen LogP contribution >= 0.6 is 15.9 Å². The molecule has 140 valence electrons. The summed E-state index contributed by atoms with van der Waals surface area (Å²) >= 11 is 3.33. The minimum absolute atomic E-state index is 0.300. The Hall–Kier alpha value is -2.23. The van der Waals surface area contributed by atoms with Gasteiger partial charge in [0.15, 0.2) is 11.6 Å². The van der Waals surface area contributed by atoms with Crippen LogP contribution in [0.1, 0.15) is 0 Å². The lowest BCUT2D eigenvalue weighted by atomic mass is 10.3. The number of hydrogen-bond donors (Lipinski definition) is 0. The molecule has 0 aliphatic carbocycles. The number of anilines is 1. The molecule has 0 atom stereocenters. The van der Waals surface area contributed by atoms with Crippen molar-refractivity contribution in [1.82, 2.24) is 19.1 Å². The van der Waals surface area contributed by atoms with Crippen LogP contribution in [0.3, 0.4) is 0 Å². The van der Waals surface area contributed by atoms with Gasteiger partial charge in [-0.1, -0.05) is 12.1 Å². The van der Waals surface area contributed by atoms with Crippen molar-refractivity contribution in [2.75, 3.05) is 31.1 Å². The molecular formula is C18H18BrN5O2S. The number of piperazine rings is 1. The van der Waals surface area contributed by atoms with E-state index in [0.717, 1.165) is 11.6 Å². The first-order valence-electron chi connectivity index (χ1n) is 8.52. The van der Waals surface area contributed by atoms with Gasteiger partial charge in [-0.05, 0) is 52.3 Å². The lowest BCUT2D eigenvalue weighted by Gasteiger charge is -2.34. The Balaban J connectivity index is 1.45. The summed E-state index contributed by atoms with van der Waals surface area (Å²) in [6, 6.07) is 14.6. The summed E-state index contributed by atoms with van der Waals surface area (Å²) in [5, 5.41) is 8.55. The molecule has 1 aromatic carbocycles. The first kappa shape index (κ1) is 18.1. The lowest BCUT2D eigenvalue weighted by Crippen LogP contribution is -2.49. The summed E-state index contributed by atoms with van der Waals surface area (Å²) in [4.78, 5) is 2.35. The predicted molar refractivity (Wildman–Crippen MR) is 106 cm³/mol. The zero-order valence-corrected chi connectivity index (χ0v) is 16.8. The zero-order valence-electron chi connectivity index (χ0n) is 14.4. The van der Waals surface area contributed by atoms with E-state index in [0.29, 0.717) is 35.5 Å². The number of halogens is 1. The molecule has 1 aliphatic rings. The molecule has 7 nitrogen and oxygen atoms in total. The summed E-state index contributed by atoms with van der Waals surface area (Å²) < 4.78 is 29.7. The van der Waals surface area contributed by atoms with Crippen LogP contribution in [0.25, 0.3) is 5.82 Å². The quantitative estimate of drug-likeness (QED) is 0.614. The molecule has 0 radical (unpaired) electrons. The van der Waals surface area contributed by atoms with Gasteiger partial charge in [-0.25, -0.2) is 8.42 Å².